The van der Waals surface area contributed by atoms with Crippen LogP contribution in [0.1, 0.15) is 31.2 Å². The van der Waals surface area contributed by atoms with Crippen LogP contribution < -0.4 is 0 Å². The standard InChI is InChI=1S/C18H26N2O2S.C2HF3O2/c21-18(20-5-1-2-6-20)9-17-16-3-7-19(11-15(16)12-22-17)10-14-4-8-23-13-14;3-2(4,5)1(6)7/h4,8,13,15-17H,1-3,5-7,9-12H2;(H,6,7)/t15-,16-,17-;/m1./s1. The van der Waals surface area contributed by atoms with Gasteiger partial charge in [0.2, 0.25) is 5.91 Å². The molecular formula is C20H27F3N2O4S. The molecule has 3 fully saturated rings. The van der Waals surface area contributed by atoms with Crippen molar-refractivity contribution in [2.45, 2.75) is 44.5 Å². The van der Waals surface area contributed by atoms with E-state index >= 15 is 0 Å². The number of hydrogen-bond donors (Lipinski definition) is 1. The Kier molecular flexibility index (Phi) is 7.75. The van der Waals surface area contributed by atoms with Gasteiger partial charge in [0.05, 0.1) is 19.1 Å². The Morgan fingerprint density at radius 3 is 2.53 bits per heavy atom. The molecule has 3 aliphatic rings. The van der Waals surface area contributed by atoms with Crippen molar-refractivity contribution < 1.29 is 32.6 Å². The van der Waals surface area contributed by atoms with Gasteiger partial charge in [-0.05, 0) is 54.1 Å². The first kappa shape index (κ1) is 23.0. The number of alkyl halides is 3. The molecule has 3 aliphatic heterocycles. The van der Waals surface area contributed by atoms with Crippen molar-refractivity contribution in [3.63, 3.8) is 0 Å². The molecule has 0 aromatic carbocycles. The smallest absolute Gasteiger partial charge is 0.475 e. The third kappa shape index (κ3) is 6.18. The Bertz CT molecular complexity index is 707. The first-order chi connectivity index (χ1) is 14.2. The second-order valence-electron chi connectivity index (χ2n) is 8.05. The molecule has 4 heterocycles. The Balaban J connectivity index is 0.000000318. The van der Waals surface area contributed by atoms with Crippen molar-refractivity contribution in [2.24, 2.45) is 11.8 Å². The molecule has 0 unspecified atom stereocenters. The summed E-state index contributed by atoms with van der Waals surface area (Å²) in [6.07, 6.45) is -0.809. The average molecular weight is 449 g/mol. The summed E-state index contributed by atoms with van der Waals surface area (Å²) < 4.78 is 37.8. The van der Waals surface area contributed by atoms with Crippen LogP contribution in [0.25, 0.3) is 0 Å². The van der Waals surface area contributed by atoms with Crippen LogP contribution in [0, 0.1) is 11.8 Å². The van der Waals surface area contributed by atoms with Crippen molar-refractivity contribution >= 4 is 23.2 Å². The Labute approximate surface area is 177 Å². The molecule has 3 atom stereocenters. The number of carboxylic acid groups (broad SMARTS) is 1. The summed E-state index contributed by atoms with van der Waals surface area (Å²) >= 11 is 1.77. The molecule has 3 saturated heterocycles. The molecule has 10 heteroatoms. The van der Waals surface area contributed by atoms with Gasteiger partial charge in [0, 0.05) is 32.1 Å². The highest BCUT2D eigenvalue weighted by Gasteiger charge is 2.42. The van der Waals surface area contributed by atoms with Crippen molar-refractivity contribution in [3.8, 4) is 0 Å². The lowest BCUT2D eigenvalue weighted by Crippen LogP contribution is -2.42. The maximum absolute atomic E-state index is 12.4. The summed E-state index contributed by atoms with van der Waals surface area (Å²) in [5.41, 5.74) is 1.42. The van der Waals surface area contributed by atoms with Crippen LogP contribution in [0.15, 0.2) is 16.8 Å². The largest absolute Gasteiger partial charge is 0.490 e. The molecule has 6 nitrogen and oxygen atoms in total. The van der Waals surface area contributed by atoms with Gasteiger partial charge in [-0.15, -0.1) is 0 Å². The van der Waals surface area contributed by atoms with Crippen LogP contribution in [-0.4, -0.2) is 71.8 Å². The maximum atomic E-state index is 12.4. The zero-order valence-electron chi connectivity index (χ0n) is 16.6. The number of likely N-dealkylation sites (tertiary alicyclic amines) is 2. The monoisotopic (exact) mass is 448 g/mol. The number of fused-ring (bicyclic) bond motifs is 1. The summed E-state index contributed by atoms with van der Waals surface area (Å²) in [7, 11) is 0. The van der Waals surface area contributed by atoms with Crippen molar-refractivity contribution in [1.82, 2.24) is 9.80 Å². The Morgan fingerprint density at radius 2 is 1.93 bits per heavy atom. The summed E-state index contributed by atoms with van der Waals surface area (Å²) in [6, 6.07) is 2.22. The quantitative estimate of drug-likeness (QED) is 0.766. The van der Waals surface area contributed by atoms with Gasteiger partial charge in [-0.3, -0.25) is 9.69 Å². The third-order valence-electron chi connectivity index (χ3n) is 5.94. The van der Waals surface area contributed by atoms with E-state index in [1.165, 1.54) is 24.8 Å². The predicted octanol–water partition coefficient (Wildman–Crippen LogP) is 3.23. The first-order valence-corrected chi connectivity index (χ1v) is 11.1. The van der Waals surface area contributed by atoms with Gasteiger partial charge in [0.25, 0.3) is 0 Å². The number of carboxylic acids is 1. The van der Waals surface area contributed by atoms with Gasteiger partial charge in [-0.2, -0.15) is 24.5 Å². The highest BCUT2D eigenvalue weighted by atomic mass is 32.1. The fourth-order valence-electron chi connectivity index (χ4n) is 4.42. The Hall–Kier alpha value is -1.65. The zero-order valence-corrected chi connectivity index (χ0v) is 17.5. The number of rotatable bonds is 4. The molecule has 0 spiro atoms. The topological polar surface area (TPSA) is 70.1 Å². The molecule has 0 saturated carbocycles. The normalized spacial score (nSPS) is 26.8. The van der Waals surface area contributed by atoms with E-state index in [2.05, 4.69) is 21.7 Å². The van der Waals surface area contributed by atoms with E-state index in [1.807, 2.05) is 4.90 Å². The van der Waals surface area contributed by atoms with E-state index in [0.717, 1.165) is 39.3 Å². The molecule has 30 heavy (non-hydrogen) atoms. The molecule has 168 valence electrons. The van der Waals surface area contributed by atoms with E-state index in [0.29, 0.717) is 24.2 Å². The summed E-state index contributed by atoms with van der Waals surface area (Å²) in [6.45, 7) is 6.05. The van der Waals surface area contributed by atoms with Gasteiger partial charge in [0.15, 0.2) is 0 Å². The second kappa shape index (κ2) is 10.1. The fourth-order valence-corrected chi connectivity index (χ4v) is 5.08. The van der Waals surface area contributed by atoms with Crippen LogP contribution in [-0.2, 0) is 20.9 Å². The lowest BCUT2D eigenvalue weighted by atomic mass is 9.83. The highest BCUT2D eigenvalue weighted by molar-refractivity contribution is 7.07. The molecule has 0 aliphatic carbocycles. The number of amides is 1. The van der Waals surface area contributed by atoms with E-state index in [4.69, 9.17) is 14.6 Å². The van der Waals surface area contributed by atoms with Crippen molar-refractivity contribution in [3.05, 3.63) is 22.4 Å². The van der Waals surface area contributed by atoms with Crippen LogP contribution in [0.3, 0.4) is 0 Å². The second-order valence-corrected chi connectivity index (χ2v) is 8.83. The number of ether oxygens (including phenoxy) is 1. The molecule has 0 bridgehead atoms. The van der Waals surface area contributed by atoms with Crippen LogP contribution >= 0.6 is 11.3 Å². The van der Waals surface area contributed by atoms with Crippen LogP contribution in [0.4, 0.5) is 13.2 Å². The summed E-state index contributed by atoms with van der Waals surface area (Å²) in [4.78, 5) is 25.9. The Morgan fingerprint density at radius 1 is 1.23 bits per heavy atom. The number of carbonyl (C=O) groups is 2. The van der Waals surface area contributed by atoms with Crippen LogP contribution in [0.2, 0.25) is 0 Å². The number of aliphatic carboxylic acids is 1. The van der Waals surface area contributed by atoms with Gasteiger partial charge < -0.3 is 14.7 Å². The number of carbonyl (C=O) groups excluding carboxylic acids is 1. The third-order valence-corrected chi connectivity index (χ3v) is 6.67. The number of hydrogen-bond acceptors (Lipinski definition) is 5. The molecule has 0 radical (unpaired) electrons. The van der Waals surface area contributed by atoms with Crippen molar-refractivity contribution in [2.75, 3.05) is 32.8 Å². The van der Waals surface area contributed by atoms with E-state index in [9.17, 15) is 18.0 Å². The van der Waals surface area contributed by atoms with Gasteiger partial charge in [-0.25, -0.2) is 4.79 Å². The molecule has 1 aromatic rings. The minimum atomic E-state index is -5.08. The van der Waals surface area contributed by atoms with Crippen LogP contribution in [0.5, 0.6) is 0 Å². The summed E-state index contributed by atoms with van der Waals surface area (Å²) in [5.74, 6) is -1.25. The zero-order chi connectivity index (χ0) is 21.7. The van der Waals surface area contributed by atoms with Gasteiger partial charge in [-0.1, -0.05) is 0 Å². The minimum Gasteiger partial charge on any atom is -0.475 e. The van der Waals surface area contributed by atoms with Gasteiger partial charge >= 0.3 is 12.1 Å². The van der Waals surface area contributed by atoms with E-state index in [1.54, 1.807) is 11.3 Å². The van der Waals surface area contributed by atoms with Gasteiger partial charge in [0.1, 0.15) is 0 Å². The minimum absolute atomic E-state index is 0.163. The lowest BCUT2D eigenvalue weighted by molar-refractivity contribution is -0.192. The molecular weight excluding hydrogens is 421 g/mol. The number of piperidine rings is 1. The fraction of sp³-hybridized carbons (Fsp3) is 0.700. The number of nitrogens with zero attached hydrogens (tertiary/aromatic N) is 2. The summed E-state index contributed by atoms with van der Waals surface area (Å²) in [5, 5.41) is 11.5. The van der Waals surface area contributed by atoms with E-state index in [-0.39, 0.29) is 6.10 Å². The van der Waals surface area contributed by atoms with E-state index < -0.39 is 12.1 Å². The molecule has 4 rings (SSSR count). The highest BCUT2D eigenvalue weighted by Crippen LogP contribution is 2.36. The predicted molar refractivity (Wildman–Crippen MR) is 105 cm³/mol. The maximum Gasteiger partial charge on any atom is 0.490 e. The average Bonchev–Trinajstić information content (AvgIpc) is 3.44. The lowest BCUT2D eigenvalue weighted by Gasteiger charge is -2.35. The first-order valence-electron chi connectivity index (χ1n) is 10.2. The molecule has 1 N–H and O–H groups in total. The number of thiophene rings is 1. The molecule has 1 aromatic heterocycles. The SMILES string of the molecule is O=C(C[C@H]1OC[C@H]2CN(Cc3ccsc3)CC[C@H]21)N1CCCC1.O=C(O)C(F)(F)F. The number of halogens is 3. The van der Waals surface area contributed by atoms with Crippen molar-refractivity contribution in [1.29, 1.82) is 0 Å². The molecule has 1 amide bonds.